The van der Waals surface area contributed by atoms with Crippen molar-refractivity contribution in [2.75, 3.05) is 7.11 Å². The highest BCUT2D eigenvalue weighted by atomic mass is 16.5. The molecule has 4 rings (SSSR count). The molecule has 2 aromatic rings. The zero-order valence-electron chi connectivity index (χ0n) is 18.9. The molecule has 0 N–H and O–H groups in total. The Morgan fingerprint density at radius 2 is 1.77 bits per heavy atom. The number of carbonyl (C=O) groups excluding carboxylic acids is 1. The van der Waals surface area contributed by atoms with E-state index in [1.807, 2.05) is 43.0 Å². The molecule has 1 fully saturated rings. The summed E-state index contributed by atoms with van der Waals surface area (Å²) in [6.45, 7) is 5.24. The van der Waals surface area contributed by atoms with Gasteiger partial charge in [-0.1, -0.05) is 55.7 Å². The first-order valence-electron chi connectivity index (χ1n) is 11.4. The van der Waals surface area contributed by atoms with E-state index in [2.05, 4.69) is 30.4 Å². The fourth-order valence-corrected chi connectivity index (χ4v) is 4.59. The molecule has 0 atom stereocenters. The van der Waals surface area contributed by atoms with Crippen molar-refractivity contribution >= 4 is 12.0 Å². The lowest BCUT2D eigenvalue weighted by Crippen LogP contribution is -2.36. The van der Waals surface area contributed by atoms with Gasteiger partial charge < -0.3 is 14.4 Å². The Kier molecular flexibility index (Phi) is 6.35. The molecule has 0 saturated heterocycles. The molecule has 1 aliphatic carbocycles. The molecule has 0 bridgehead atoms. The van der Waals surface area contributed by atoms with Crippen LogP contribution in [0.4, 0.5) is 0 Å². The molecule has 0 radical (unpaired) electrons. The third-order valence-electron chi connectivity index (χ3n) is 6.25. The van der Waals surface area contributed by atoms with Crippen LogP contribution in [0.2, 0.25) is 0 Å². The third kappa shape index (κ3) is 5.12. The summed E-state index contributed by atoms with van der Waals surface area (Å²) >= 11 is 0. The van der Waals surface area contributed by atoms with Gasteiger partial charge in [0.1, 0.15) is 5.60 Å². The van der Waals surface area contributed by atoms with Gasteiger partial charge in [0.05, 0.1) is 7.11 Å². The van der Waals surface area contributed by atoms with E-state index >= 15 is 0 Å². The second kappa shape index (κ2) is 9.17. The van der Waals surface area contributed by atoms with Gasteiger partial charge in [0.25, 0.3) is 0 Å². The molecule has 0 spiro atoms. The summed E-state index contributed by atoms with van der Waals surface area (Å²) in [5.41, 5.74) is 2.85. The Morgan fingerprint density at radius 3 is 2.48 bits per heavy atom. The second-order valence-corrected chi connectivity index (χ2v) is 9.27. The Labute approximate surface area is 185 Å². The fourth-order valence-electron chi connectivity index (χ4n) is 4.59. The number of fused-ring (bicyclic) bond motifs is 1. The number of carbonyl (C=O) groups is 1. The van der Waals surface area contributed by atoms with Crippen molar-refractivity contribution in [3.8, 4) is 11.5 Å². The lowest BCUT2D eigenvalue weighted by Gasteiger charge is -2.31. The average molecular weight is 420 g/mol. The highest BCUT2D eigenvalue weighted by Gasteiger charge is 2.28. The van der Waals surface area contributed by atoms with Crippen LogP contribution in [0.25, 0.3) is 6.08 Å². The van der Waals surface area contributed by atoms with Crippen molar-refractivity contribution in [3.63, 3.8) is 0 Å². The summed E-state index contributed by atoms with van der Waals surface area (Å²) < 4.78 is 11.8. The van der Waals surface area contributed by atoms with Crippen LogP contribution in [0.3, 0.4) is 0 Å². The Bertz CT molecular complexity index is 942. The molecule has 0 unspecified atom stereocenters. The quantitative estimate of drug-likeness (QED) is 0.577. The van der Waals surface area contributed by atoms with Gasteiger partial charge >= 0.3 is 0 Å². The largest absolute Gasteiger partial charge is 0.493 e. The molecule has 164 valence electrons. The van der Waals surface area contributed by atoms with Crippen LogP contribution in [-0.2, 0) is 17.9 Å². The summed E-state index contributed by atoms with van der Waals surface area (Å²) in [5, 5.41) is 0. The van der Waals surface area contributed by atoms with Gasteiger partial charge in [-0.25, -0.2) is 0 Å². The molecule has 31 heavy (non-hydrogen) atoms. The topological polar surface area (TPSA) is 38.8 Å². The summed E-state index contributed by atoms with van der Waals surface area (Å²) in [5.74, 6) is 1.90. The van der Waals surface area contributed by atoms with E-state index in [1.165, 1.54) is 6.42 Å². The first-order chi connectivity index (χ1) is 14.9. The van der Waals surface area contributed by atoms with E-state index in [4.69, 9.17) is 9.47 Å². The van der Waals surface area contributed by atoms with Gasteiger partial charge in [0.2, 0.25) is 5.91 Å². The molecule has 1 heterocycles. The van der Waals surface area contributed by atoms with Crippen LogP contribution in [0, 0.1) is 5.92 Å². The monoisotopic (exact) mass is 419 g/mol. The number of hydrogen-bond donors (Lipinski definition) is 0. The Balaban J connectivity index is 1.62. The maximum Gasteiger partial charge on any atom is 0.226 e. The molecule has 4 heteroatoms. The maximum atomic E-state index is 13.5. The van der Waals surface area contributed by atoms with E-state index in [9.17, 15) is 4.79 Å². The second-order valence-electron chi connectivity index (χ2n) is 9.27. The predicted molar refractivity (Wildman–Crippen MR) is 124 cm³/mol. The molecule has 4 nitrogen and oxygen atoms in total. The normalized spacial score (nSPS) is 17.5. The van der Waals surface area contributed by atoms with Crippen LogP contribution in [0.15, 0.2) is 48.5 Å². The minimum Gasteiger partial charge on any atom is -0.493 e. The van der Waals surface area contributed by atoms with Gasteiger partial charge in [-0.05, 0) is 56.0 Å². The van der Waals surface area contributed by atoms with Crippen molar-refractivity contribution in [1.82, 2.24) is 4.90 Å². The number of nitrogens with zero attached hydrogens (tertiary/aromatic N) is 1. The average Bonchev–Trinajstić information content (AvgIpc) is 2.79. The van der Waals surface area contributed by atoms with Gasteiger partial charge in [-0.15, -0.1) is 0 Å². The highest BCUT2D eigenvalue weighted by molar-refractivity contribution is 5.79. The number of rotatable bonds is 6. The molecular formula is C27H33NO3. The first-order valence-corrected chi connectivity index (χ1v) is 11.4. The molecule has 2 aromatic carbocycles. The SMILES string of the molecule is COc1cc(CN(Cc2ccccc2)C(=O)C2CCCCC2)cc2c1OC(C)(C)C=C2. The Hall–Kier alpha value is -2.75. The summed E-state index contributed by atoms with van der Waals surface area (Å²) in [6.07, 6.45) is 9.71. The minimum atomic E-state index is -0.363. The summed E-state index contributed by atoms with van der Waals surface area (Å²) in [4.78, 5) is 15.5. The number of methoxy groups -OCH3 is 1. The van der Waals surface area contributed by atoms with Crippen LogP contribution >= 0.6 is 0 Å². The van der Waals surface area contributed by atoms with Gasteiger partial charge in [0.15, 0.2) is 11.5 Å². The van der Waals surface area contributed by atoms with E-state index in [0.29, 0.717) is 13.1 Å². The van der Waals surface area contributed by atoms with Gasteiger partial charge in [-0.2, -0.15) is 0 Å². The van der Waals surface area contributed by atoms with Crippen molar-refractivity contribution in [3.05, 3.63) is 65.2 Å². The van der Waals surface area contributed by atoms with E-state index in [1.54, 1.807) is 7.11 Å². The predicted octanol–water partition coefficient (Wildman–Crippen LogP) is 5.99. The highest BCUT2D eigenvalue weighted by Crippen LogP contribution is 2.40. The number of hydrogen-bond acceptors (Lipinski definition) is 3. The van der Waals surface area contributed by atoms with Crippen LogP contribution in [0.1, 0.15) is 62.6 Å². The Morgan fingerprint density at radius 1 is 1.06 bits per heavy atom. The number of ether oxygens (including phenoxy) is 2. The van der Waals surface area contributed by atoms with E-state index in [-0.39, 0.29) is 17.4 Å². The summed E-state index contributed by atoms with van der Waals surface area (Å²) in [6, 6.07) is 14.4. The minimum absolute atomic E-state index is 0.140. The van der Waals surface area contributed by atoms with Crippen LogP contribution in [-0.4, -0.2) is 23.5 Å². The lowest BCUT2D eigenvalue weighted by atomic mass is 9.88. The third-order valence-corrected chi connectivity index (χ3v) is 6.25. The molecule has 1 aliphatic heterocycles. The first kappa shape index (κ1) is 21.5. The zero-order valence-corrected chi connectivity index (χ0v) is 18.9. The van der Waals surface area contributed by atoms with Gasteiger partial charge in [-0.3, -0.25) is 4.79 Å². The lowest BCUT2D eigenvalue weighted by molar-refractivity contribution is -0.137. The standard InChI is InChI=1S/C27H33NO3/c1-27(2)15-14-23-16-21(17-24(30-3)25(23)31-27)19-28(18-20-10-6-4-7-11-20)26(29)22-12-8-5-9-13-22/h4,6-7,10-11,14-17,22H,5,8-9,12-13,18-19H2,1-3H3. The molecular weight excluding hydrogens is 386 g/mol. The van der Waals surface area contributed by atoms with Crippen molar-refractivity contribution < 1.29 is 14.3 Å². The summed E-state index contributed by atoms with van der Waals surface area (Å²) in [7, 11) is 1.67. The van der Waals surface area contributed by atoms with Gasteiger partial charge in [0, 0.05) is 24.6 Å². The zero-order chi connectivity index (χ0) is 21.8. The van der Waals surface area contributed by atoms with Crippen molar-refractivity contribution in [2.24, 2.45) is 5.92 Å². The van der Waals surface area contributed by atoms with Crippen LogP contribution < -0.4 is 9.47 Å². The smallest absolute Gasteiger partial charge is 0.226 e. The fraction of sp³-hybridized carbons (Fsp3) is 0.444. The van der Waals surface area contributed by atoms with Crippen LogP contribution in [0.5, 0.6) is 11.5 Å². The molecule has 2 aliphatic rings. The van der Waals surface area contributed by atoms with E-state index in [0.717, 1.165) is 53.9 Å². The molecule has 1 saturated carbocycles. The number of amides is 1. The van der Waals surface area contributed by atoms with E-state index < -0.39 is 0 Å². The maximum absolute atomic E-state index is 13.5. The molecule has 1 amide bonds. The van der Waals surface area contributed by atoms with Crippen molar-refractivity contribution in [1.29, 1.82) is 0 Å². The molecule has 0 aromatic heterocycles. The van der Waals surface area contributed by atoms with Crippen molar-refractivity contribution in [2.45, 2.75) is 64.6 Å². The number of benzene rings is 2.